The highest BCUT2D eigenvalue weighted by Crippen LogP contribution is 2.24. The van der Waals surface area contributed by atoms with E-state index in [2.05, 4.69) is 51.6 Å². The summed E-state index contributed by atoms with van der Waals surface area (Å²) < 4.78 is 0. The number of thiazole rings is 1. The molecule has 0 bridgehead atoms. The van der Waals surface area contributed by atoms with E-state index in [1.54, 1.807) is 11.3 Å². The predicted octanol–water partition coefficient (Wildman–Crippen LogP) is 4.79. The summed E-state index contributed by atoms with van der Waals surface area (Å²) in [5, 5.41) is 4.09. The Labute approximate surface area is 157 Å². The van der Waals surface area contributed by atoms with E-state index in [0.717, 1.165) is 42.8 Å². The van der Waals surface area contributed by atoms with Gasteiger partial charge in [-0.05, 0) is 24.3 Å². The number of hydrogen-bond acceptors (Lipinski definition) is 4. The van der Waals surface area contributed by atoms with Crippen LogP contribution in [0.2, 0.25) is 5.02 Å². The zero-order chi connectivity index (χ0) is 17.1. The van der Waals surface area contributed by atoms with Gasteiger partial charge in [0.1, 0.15) is 5.01 Å². The highest BCUT2D eigenvalue weighted by molar-refractivity contribution is 7.13. The molecule has 0 unspecified atom stereocenters. The number of nitrogens with zero attached hydrogens (tertiary/aromatic N) is 3. The second-order valence-electron chi connectivity index (χ2n) is 6.25. The Morgan fingerprint density at radius 1 is 0.920 bits per heavy atom. The predicted molar refractivity (Wildman–Crippen MR) is 106 cm³/mol. The number of halogens is 1. The van der Waals surface area contributed by atoms with Gasteiger partial charge in [0, 0.05) is 54.4 Å². The minimum absolute atomic E-state index is 0.792. The maximum Gasteiger partial charge on any atom is 0.123 e. The molecule has 0 spiro atoms. The third-order valence-corrected chi connectivity index (χ3v) is 5.71. The molecule has 5 heteroatoms. The first-order valence-electron chi connectivity index (χ1n) is 8.51. The maximum atomic E-state index is 5.98. The molecule has 0 radical (unpaired) electrons. The van der Waals surface area contributed by atoms with Crippen molar-refractivity contribution < 1.29 is 0 Å². The van der Waals surface area contributed by atoms with Gasteiger partial charge in [-0.15, -0.1) is 11.3 Å². The summed E-state index contributed by atoms with van der Waals surface area (Å²) in [6, 6.07) is 18.5. The minimum atomic E-state index is 0.792. The number of aromatic nitrogens is 1. The molecule has 1 fully saturated rings. The molecule has 3 aromatic rings. The lowest BCUT2D eigenvalue weighted by molar-refractivity contribution is 0.247. The SMILES string of the molecule is Clc1ccc(N2CCN(Cc3csc(-c4ccccc4)n3)CC2)cc1. The van der Waals surface area contributed by atoms with Crippen molar-refractivity contribution in [1.29, 1.82) is 0 Å². The average molecular weight is 370 g/mol. The summed E-state index contributed by atoms with van der Waals surface area (Å²) in [6.45, 7) is 5.12. The molecule has 25 heavy (non-hydrogen) atoms. The molecule has 2 heterocycles. The van der Waals surface area contributed by atoms with E-state index >= 15 is 0 Å². The molecular weight excluding hydrogens is 350 g/mol. The minimum Gasteiger partial charge on any atom is -0.369 e. The van der Waals surface area contributed by atoms with Gasteiger partial charge >= 0.3 is 0 Å². The van der Waals surface area contributed by atoms with Crippen LogP contribution in [-0.2, 0) is 6.54 Å². The summed E-state index contributed by atoms with van der Waals surface area (Å²) in [6.07, 6.45) is 0. The van der Waals surface area contributed by atoms with Crippen molar-refractivity contribution in [2.24, 2.45) is 0 Å². The lowest BCUT2D eigenvalue weighted by atomic mass is 10.2. The van der Waals surface area contributed by atoms with Crippen LogP contribution < -0.4 is 4.90 Å². The van der Waals surface area contributed by atoms with E-state index in [-0.39, 0.29) is 0 Å². The molecule has 128 valence electrons. The molecule has 4 rings (SSSR count). The van der Waals surface area contributed by atoms with Crippen LogP contribution in [0.15, 0.2) is 60.0 Å². The fourth-order valence-electron chi connectivity index (χ4n) is 3.14. The van der Waals surface area contributed by atoms with Gasteiger partial charge in [0.2, 0.25) is 0 Å². The normalized spacial score (nSPS) is 15.5. The molecule has 0 atom stereocenters. The number of piperazine rings is 1. The van der Waals surface area contributed by atoms with Gasteiger partial charge in [0.15, 0.2) is 0 Å². The van der Waals surface area contributed by atoms with E-state index in [9.17, 15) is 0 Å². The molecule has 0 aliphatic carbocycles. The van der Waals surface area contributed by atoms with Crippen molar-refractivity contribution in [3.05, 3.63) is 70.7 Å². The molecule has 0 N–H and O–H groups in total. The second-order valence-corrected chi connectivity index (χ2v) is 7.54. The Bertz CT molecular complexity index is 808. The Balaban J connectivity index is 1.34. The van der Waals surface area contributed by atoms with Crippen LogP contribution in [0.25, 0.3) is 10.6 Å². The van der Waals surface area contributed by atoms with Crippen molar-refractivity contribution in [3.8, 4) is 10.6 Å². The van der Waals surface area contributed by atoms with Crippen molar-refractivity contribution in [2.75, 3.05) is 31.1 Å². The van der Waals surface area contributed by atoms with Crippen LogP contribution >= 0.6 is 22.9 Å². The van der Waals surface area contributed by atoms with E-state index in [0.29, 0.717) is 0 Å². The molecule has 3 nitrogen and oxygen atoms in total. The maximum absolute atomic E-state index is 5.98. The molecule has 0 amide bonds. The average Bonchev–Trinajstić information content (AvgIpc) is 3.12. The summed E-state index contributed by atoms with van der Waals surface area (Å²) in [7, 11) is 0. The Hall–Kier alpha value is -1.88. The molecule has 1 aliphatic rings. The van der Waals surface area contributed by atoms with Crippen LogP contribution in [0, 0.1) is 0 Å². The number of anilines is 1. The molecular formula is C20H20ClN3S. The van der Waals surface area contributed by atoms with E-state index < -0.39 is 0 Å². The van der Waals surface area contributed by atoms with Crippen LogP contribution in [0.4, 0.5) is 5.69 Å². The lowest BCUT2D eigenvalue weighted by Crippen LogP contribution is -2.46. The third-order valence-electron chi connectivity index (χ3n) is 4.52. The lowest BCUT2D eigenvalue weighted by Gasteiger charge is -2.35. The quantitative estimate of drug-likeness (QED) is 0.659. The fraction of sp³-hybridized carbons (Fsp3) is 0.250. The van der Waals surface area contributed by atoms with Gasteiger partial charge in [0.05, 0.1) is 5.69 Å². The fourth-order valence-corrected chi connectivity index (χ4v) is 4.08. The van der Waals surface area contributed by atoms with E-state index in [1.165, 1.54) is 16.9 Å². The van der Waals surface area contributed by atoms with Gasteiger partial charge in [-0.1, -0.05) is 41.9 Å². The highest BCUT2D eigenvalue weighted by Gasteiger charge is 2.18. The monoisotopic (exact) mass is 369 g/mol. The Morgan fingerprint density at radius 2 is 1.64 bits per heavy atom. The number of hydrogen-bond donors (Lipinski definition) is 0. The van der Waals surface area contributed by atoms with Crippen molar-refractivity contribution in [3.63, 3.8) is 0 Å². The van der Waals surface area contributed by atoms with E-state index in [1.807, 2.05) is 18.2 Å². The second kappa shape index (κ2) is 7.56. The topological polar surface area (TPSA) is 19.4 Å². The molecule has 1 aliphatic heterocycles. The number of benzene rings is 2. The van der Waals surface area contributed by atoms with Crippen LogP contribution in [0.3, 0.4) is 0 Å². The van der Waals surface area contributed by atoms with Crippen molar-refractivity contribution in [2.45, 2.75) is 6.54 Å². The molecule has 1 aromatic heterocycles. The van der Waals surface area contributed by atoms with Gasteiger partial charge in [0.25, 0.3) is 0 Å². The van der Waals surface area contributed by atoms with Crippen molar-refractivity contribution >= 4 is 28.6 Å². The van der Waals surface area contributed by atoms with Gasteiger partial charge in [-0.3, -0.25) is 4.90 Å². The zero-order valence-corrected chi connectivity index (χ0v) is 15.5. The largest absolute Gasteiger partial charge is 0.369 e. The van der Waals surface area contributed by atoms with Gasteiger partial charge in [-0.2, -0.15) is 0 Å². The van der Waals surface area contributed by atoms with Crippen LogP contribution in [0.1, 0.15) is 5.69 Å². The molecule has 0 saturated carbocycles. The summed E-state index contributed by atoms with van der Waals surface area (Å²) >= 11 is 7.71. The standard InChI is InChI=1S/C20H20ClN3S/c21-17-6-8-19(9-7-17)24-12-10-23(11-13-24)14-18-15-25-20(22-18)16-4-2-1-3-5-16/h1-9,15H,10-14H2. The Kier molecular flexibility index (Phi) is 5.02. The Morgan fingerprint density at radius 3 is 2.36 bits per heavy atom. The molecule has 2 aromatic carbocycles. The van der Waals surface area contributed by atoms with Gasteiger partial charge < -0.3 is 4.90 Å². The van der Waals surface area contributed by atoms with E-state index in [4.69, 9.17) is 16.6 Å². The van der Waals surface area contributed by atoms with Crippen LogP contribution in [0.5, 0.6) is 0 Å². The van der Waals surface area contributed by atoms with Crippen LogP contribution in [-0.4, -0.2) is 36.1 Å². The van der Waals surface area contributed by atoms with Gasteiger partial charge in [-0.25, -0.2) is 4.98 Å². The smallest absolute Gasteiger partial charge is 0.123 e. The summed E-state index contributed by atoms with van der Waals surface area (Å²) in [5.41, 5.74) is 3.62. The number of rotatable bonds is 4. The summed E-state index contributed by atoms with van der Waals surface area (Å²) in [4.78, 5) is 9.71. The van der Waals surface area contributed by atoms with Crippen molar-refractivity contribution in [1.82, 2.24) is 9.88 Å². The summed E-state index contributed by atoms with van der Waals surface area (Å²) in [5.74, 6) is 0. The first kappa shape index (κ1) is 16.6. The zero-order valence-electron chi connectivity index (χ0n) is 13.9. The molecule has 1 saturated heterocycles. The first-order valence-corrected chi connectivity index (χ1v) is 9.76. The third kappa shape index (κ3) is 4.03. The first-order chi connectivity index (χ1) is 12.3. The highest BCUT2D eigenvalue weighted by atomic mass is 35.5.